The van der Waals surface area contributed by atoms with Crippen LogP contribution in [0.15, 0.2) is 60.8 Å². The predicted molar refractivity (Wildman–Crippen MR) is 129 cm³/mol. The highest BCUT2D eigenvalue weighted by Gasteiger charge is 2.31. The van der Waals surface area contributed by atoms with E-state index in [9.17, 15) is 23.1 Å². The van der Waals surface area contributed by atoms with E-state index in [1.54, 1.807) is 47.0 Å². The van der Waals surface area contributed by atoms with E-state index in [0.29, 0.717) is 34.1 Å². The molecule has 7 nitrogen and oxygen atoms in total. The van der Waals surface area contributed by atoms with E-state index in [1.165, 1.54) is 0 Å². The minimum atomic E-state index is -4.52. The zero-order chi connectivity index (χ0) is 26.7. The van der Waals surface area contributed by atoms with Gasteiger partial charge in [-0.3, -0.25) is 0 Å². The third kappa shape index (κ3) is 5.51. The maximum atomic E-state index is 12.8. The number of ether oxygens (including phenoxy) is 2. The summed E-state index contributed by atoms with van der Waals surface area (Å²) in [7, 11) is 0. The van der Waals surface area contributed by atoms with E-state index < -0.39 is 17.7 Å². The summed E-state index contributed by atoms with van der Waals surface area (Å²) in [6, 6.07) is 15.8. The molecule has 0 saturated carbocycles. The number of pyridine rings is 1. The van der Waals surface area contributed by atoms with Crippen molar-refractivity contribution in [3.63, 3.8) is 0 Å². The van der Waals surface area contributed by atoms with Gasteiger partial charge in [0.2, 0.25) is 5.88 Å². The van der Waals surface area contributed by atoms with Gasteiger partial charge >= 0.3 is 12.1 Å². The first-order valence-corrected chi connectivity index (χ1v) is 11.3. The van der Waals surface area contributed by atoms with Crippen LogP contribution >= 0.6 is 0 Å². The Hall–Kier alpha value is -4.52. The number of aromatic carboxylic acids is 1. The number of hydrogen-bond donors (Lipinski definition) is 1. The molecule has 37 heavy (non-hydrogen) atoms. The Labute approximate surface area is 210 Å². The molecule has 4 rings (SSSR count). The van der Waals surface area contributed by atoms with Gasteiger partial charge in [0.05, 0.1) is 23.3 Å². The van der Waals surface area contributed by atoms with Crippen LogP contribution in [0, 0.1) is 11.3 Å². The van der Waals surface area contributed by atoms with Crippen LogP contribution in [0.4, 0.5) is 13.2 Å². The van der Waals surface area contributed by atoms with Crippen molar-refractivity contribution in [3.05, 3.63) is 77.6 Å². The molecule has 4 aromatic rings. The first kappa shape index (κ1) is 25.6. The van der Waals surface area contributed by atoms with E-state index in [4.69, 9.17) is 14.7 Å². The summed E-state index contributed by atoms with van der Waals surface area (Å²) in [5.41, 5.74) is 0.697. The second-order valence-electron chi connectivity index (χ2n) is 8.45. The van der Waals surface area contributed by atoms with Gasteiger partial charge in [-0.2, -0.15) is 18.4 Å². The number of benzene rings is 2. The average molecular weight is 509 g/mol. The molecule has 0 aliphatic carbocycles. The van der Waals surface area contributed by atoms with Crippen LogP contribution in [0.1, 0.15) is 41.9 Å². The Morgan fingerprint density at radius 3 is 2.38 bits per heavy atom. The van der Waals surface area contributed by atoms with E-state index >= 15 is 0 Å². The molecule has 2 aromatic heterocycles. The molecule has 2 heterocycles. The molecule has 0 fully saturated rings. The quantitative estimate of drug-likeness (QED) is 0.281. The molecule has 0 radical (unpaired) electrons. The number of halogens is 3. The van der Waals surface area contributed by atoms with Gasteiger partial charge in [-0.05, 0) is 74.4 Å². The molecule has 1 N–H and O–H groups in total. The topological polar surface area (TPSA) is 97.4 Å². The summed E-state index contributed by atoms with van der Waals surface area (Å²) < 4.78 is 51.4. The fourth-order valence-electron chi connectivity index (χ4n) is 4.00. The molecule has 2 aromatic carbocycles. The lowest BCUT2D eigenvalue weighted by atomic mass is 10.1. The SMILES string of the molecule is CC(C)Oc1ccc(-n2c(C(=O)O)c(CCC#N)c3cc(Oc4ccc(C(F)(F)F)cn4)ccc32)cc1. The van der Waals surface area contributed by atoms with Crippen molar-refractivity contribution in [2.45, 2.75) is 39.0 Å². The van der Waals surface area contributed by atoms with E-state index in [-0.39, 0.29) is 36.3 Å². The van der Waals surface area contributed by atoms with Crippen molar-refractivity contribution in [2.24, 2.45) is 0 Å². The van der Waals surface area contributed by atoms with Gasteiger partial charge in [-0.1, -0.05) is 0 Å². The number of rotatable bonds is 8. The highest BCUT2D eigenvalue weighted by molar-refractivity contribution is 6.00. The third-order valence-corrected chi connectivity index (χ3v) is 5.49. The van der Waals surface area contributed by atoms with Gasteiger partial charge in [-0.25, -0.2) is 9.78 Å². The molecule has 0 unspecified atom stereocenters. The average Bonchev–Trinajstić information content (AvgIpc) is 3.16. The fourth-order valence-corrected chi connectivity index (χ4v) is 4.00. The van der Waals surface area contributed by atoms with Crippen LogP contribution in [-0.2, 0) is 12.6 Å². The molecule has 0 saturated heterocycles. The molecule has 0 spiro atoms. The lowest BCUT2D eigenvalue weighted by Crippen LogP contribution is -2.09. The second-order valence-corrected chi connectivity index (χ2v) is 8.45. The number of aryl methyl sites for hydroxylation is 1. The molecule has 0 atom stereocenters. The molecule has 0 amide bonds. The van der Waals surface area contributed by atoms with E-state index in [0.717, 1.165) is 12.1 Å². The van der Waals surface area contributed by atoms with Gasteiger partial charge in [0.1, 0.15) is 17.2 Å². The normalized spacial score (nSPS) is 11.5. The Morgan fingerprint density at radius 2 is 1.81 bits per heavy atom. The van der Waals surface area contributed by atoms with Crippen molar-refractivity contribution in [1.82, 2.24) is 9.55 Å². The maximum Gasteiger partial charge on any atom is 0.417 e. The lowest BCUT2D eigenvalue weighted by molar-refractivity contribution is -0.137. The van der Waals surface area contributed by atoms with Gasteiger partial charge in [0.15, 0.2) is 0 Å². The van der Waals surface area contributed by atoms with Crippen LogP contribution in [0.5, 0.6) is 17.4 Å². The fraction of sp³-hybridized carbons (Fsp3) is 0.222. The molecule has 190 valence electrons. The van der Waals surface area contributed by atoms with Crippen LogP contribution < -0.4 is 9.47 Å². The van der Waals surface area contributed by atoms with Gasteiger partial charge < -0.3 is 19.1 Å². The predicted octanol–water partition coefficient (Wildman–Crippen LogP) is 6.78. The minimum absolute atomic E-state index is 0.00702. The van der Waals surface area contributed by atoms with Gasteiger partial charge in [-0.15, -0.1) is 0 Å². The van der Waals surface area contributed by atoms with Crippen molar-refractivity contribution < 1.29 is 32.5 Å². The first-order chi connectivity index (χ1) is 17.6. The number of nitriles is 1. The molecule has 10 heteroatoms. The summed E-state index contributed by atoms with van der Waals surface area (Å²) in [4.78, 5) is 16.1. The largest absolute Gasteiger partial charge is 0.491 e. The van der Waals surface area contributed by atoms with E-state index in [1.807, 2.05) is 19.9 Å². The Balaban J connectivity index is 1.80. The number of nitrogens with zero attached hydrogens (tertiary/aromatic N) is 3. The van der Waals surface area contributed by atoms with Crippen molar-refractivity contribution in [2.75, 3.05) is 0 Å². The molecular formula is C27H22F3N3O4. The molecule has 0 aliphatic rings. The van der Waals surface area contributed by atoms with Crippen molar-refractivity contribution in [3.8, 4) is 29.1 Å². The van der Waals surface area contributed by atoms with Gasteiger partial charge in [0, 0.05) is 29.8 Å². The zero-order valence-corrected chi connectivity index (χ0v) is 19.9. The molecule has 0 aliphatic heterocycles. The summed E-state index contributed by atoms with van der Waals surface area (Å²) in [6.45, 7) is 3.80. The van der Waals surface area contributed by atoms with E-state index in [2.05, 4.69) is 4.98 Å². The zero-order valence-electron chi connectivity index (χ0n) is 19.9. The smallest absolute Gasteiger partial charge is 0.417 e. The number of aromatic nitrogens is 2. The number of fused-ring (bicyclic) bond motifs is 1. The molecular weight excluding hydrogens is 487 g/mol. The monoisotopic (exact) mass is 509 g/mol. The molecule has 0 bridgehead atoms. The summed E-state index contributed by atoms with van der Waals surface area (Å²) >= 11 is 0. The number of carboxylic acids is 1. The Morgan fingerprint density at radius 1 is 1.11 bits per heavy atom. The summed E-state index contributed by atoms with van der Waals surface area (Å²) in [5.74, 6) is -0.327. The van der Waals surface area contributed by atoms with Crippen LogP contribution in [0.3, 0.4) is 0 Å². The summed E-state index contributed by atoms with van der Waals surface area (Å²) in [6.07, 6.45) is -3.60. The van der Waals surface area contributed by atoms with Crippen molar-refractivity contribution >= 4 is 16.9 Å². The number of carboxylic acid groups (broad SMARTS) is 1. The number of alkyl halides is 3. The van der Waals surface area contributed by atoms with Crippen LogP contribution in [0.2, 0.25) is 0 Å². The Bertz CT molecular complexity index is 1470. The van der Waals surface area contributed by atoms with Crippen LogP contribution in [0.25, 0.3) is 16.6 Å². The maximum absolute atomic E-state index is 12.8. The highest BCUT2D eigenvalue weighted by atomic mass is 19.4. The Kier molecular flexibility index (Phi) is 7.07. The standard InChI is InChI=1S/C27H22F3N3O4/c1-16(2)36-19-8-6-18(7-9-19)33-23-11-10-20(37-24-12-5-17(15-32-24)27(28,29)30)14-22(23)21(4-3-13-31)25(33)26(34)35/h5-12,14-16H,3-4H2,1-2H3,(H,34,35). The third-order valence-electron chi connectivity index (χ3n) is 5.49. The highest BCUT2D eigenvalue weighted by Crippen LogP contribution is 2.35. The number of carbonyl (C=O) groups is 1. The van der Waals surface area contributed by atoms with Gasteiger partial charge in [0.25, 0.3) is 0 Å². The number of hydrogen-bond acceptors (Lipinski definition) is 5. The first-order valence-electron chi connectivity index (χ1n) is 11.3. The summed E-state index contributed by atoms with van der Waals surface area (Å²) in [5, 5.41) is 19.8. The van der Waals surface area contributed by atoms with Crippen LogP contribution in [-0.4, -0.2) is 26.7 Å². The van der Waals surface area contributed by atoms with Crippen molar-refractivity contribution in [1.29, 1.82) is 5.26 Å². The second kappa shape index (κ2) is 10.2. The minimum Gasteiger partial charge on any atom is -0.491 e. The lowest BCUT2D eigenvalue weighted by Gasteiger charge is -2.13.